The number of ether oxygens (including phenoxy) is 2. The highest BCUT2D eigenvalue weighted by molar-refractivity contribution is 9.10. The maximum Gasteiger partial charge on any atom is 0.328 e. The second-order valence-corrected chi connectivity index (χ2v) is 8.77. The summed E-state index contributed by atoms with van der Waals surface area (Å²) in [6, 6.07) is 19.1. The molecule has 1 aliphatic heterocycles. The Kier molecular flexibility index (Phi) is 5.87. The SMILES string of the molecule is Cc1cccc(NC(=O)c2cc3cc(Br)ccc3n2NC(=O)C(=O)Nc2ccc3c(c2)OCO3)c1. The number of hydrogen-bond acceptors (Lipinski definition) is 5. The van der Waals surface area contributed by atoms with Gasteiger partial charge in [-0.3, -0.25) is 19.8 Å². The minimum absolute atomic E-state index is 0.0947. The first kappa shape index (κ1) is 22.5. The molecule has 35 heavy (non-hydrogen) atoms. The smallest absolute Gasteiger partial charge is 0.328 e. The van der Waals surface area contributed by atoms with Gasteiger partial charge in [0.25, 0.3) is 5.91 Å². The van der Waals surface area contributed by atoms with Gasteiger partial charge in [0.1, 0.15) is 5.69 Å². The van der Waals surface area contributed by atoms with Crippen LogP contribution in [0.3, 0.4) is 0 Å². The Morgan fingerprint density at radius 3 is 2.49 bits per heavy atom. The fraction of sp³-hybridized carbons (Fsp3) is 0.0800. The van der Waals surface area contributed by atoms with Crippen LogP contribution in [-0.4, -0.2) is 29.2 Å². The van der Waals surface area contributed by atoms with Gasteiger partial charge in [-0.2, -0.15) is 0 Å². The van der Waals surface area contributed by atoms with Gasteiger partial charge in [0, 0.05) is 27.3 Å². The van der Waals surface area contributed by atoms with E-state index in [-0.39, 0.29) is 12.5 Å². The number of nitrogens with zero attached hydrogens (tertiary/aromatic N) is 1. The number of amides is 3. The van der Waals surface area contributed by atoms with E-state index in [9.17, 15) is 14.4 Å². The van der Waals surface area contributed by atoms with Crippen molar-refractivity contribution in [2.45, 2.75) is 6.92 Å². The van der Waals surface area contributed by atoms with Crippen molar-refractivity contribution in [3.05, 3.63) is 82.5 Å². The van der Waals surface area contributed by atoms with Crippen LogP contribution in [0.25, 0.3) is 10.9 Å². The summed E-state index contributed by atoms with van der Waals surface area (Å²) in [7, 11) is 0. The highest BCUT2D eigenvalue weighted by atomic mass is 79.9. The molecule has 1 aliphatic rings. The van der Waals surface area contributed by atoms with Crippen molar-refractivity contribution in [1.82, 2.24) is 4.68 Å². The molecule has 0 fully saturated rings. The zero-order valence-corrected chi connectivity index (χ0v) is 20.0. The van der Waals surface area contributed by atoms with Crippen molar-refractivity contribution in [2.24, 2.45) is 0 Å². The second kappa shape index (κ2) is 9.15. The number of aryl methyl sites for hydroxylation is 1. The maximum atomic E-state index is 13.1. The van der Waals surface area contributed by atoms with E-state index in [1.54, 1.807) is 42.5 Å². The monoisotopic (exact) mass is 534 g/mol. The van der Waals surface area contributed by atoms with Crippen molar-refractivity contribution >= 4 is 55.9 Å². The van der Waals surface area contributed by atoms with Gasteiger partial charge in [-0.25, -0.2) is 4.68 Å². The molecule has 1 aromatic heterocycles. The van der Waals surface area contributed by atoms with Gasteiger partial charge in [0.15, 0.2) is 11.5 Å². The molecule has 9 nitrogen and oxygen atoms in total. The van der Waals surface area contributed by atoms with Crippen molar-refractivity contribution in [1.29, 1.82) is 0 Å². The van der Waals surface area contributed by atoms with Gasteiger partial charge >= 0.3 is 11.8 Å². The van der Waals surface area contributed by atoms with Gasteiger partial charge in [-0.1, -0.05) is 28.1 Å². The lowest BCUT2D eigenvalue weighted by Gasteiger charge is -2.13. The van der Waals surface area contributed by atoms with Crippen LogP contribution in [0.15, 0.2) is 71.2 Å². The van der Waals surface area contributed by atoms with Crippen LogP contribution < -0.4 is 25.5 Å². The second-order valence-electron chi connectivity index (χ2n) is 7.85. The van der Waals surface area contributed by atoms with E-state index in [2.05, 4.69) is 32.0 Å². The summed E-state index contributed by atoms with van der Waals surface area (Å²) < 4.78 is 12.7. The first-order chi connectivity index (χ1) is 16.9. The Bertz CT molecular complexity index is 1500. The first-order valence-electron chi connectivity index (χ1n) is 10.6. The molecule has 0 unspecified atom stereocenters. The zero-order chi connectivity index (χ0) is 24.5. The molecule has 0 aliphatic carbocycles. The Labute approximate surface area is 208 Å². The largest absolute Gasteiger partial charge is 0.454 e. The molecule has 3 aromatic carbocycles. The number of anilines is 2. The van der Waals surface area contributed by atoms with E-state index in [0.717, 1.165) is 10.0 Å². The van der Waals surface area contributed by atoms with E-state index >= 15 is 0 Å². The Hall–Kier alpha value is -4.31. The number of aromatic nitrogens is 1. The third-order valence-corrected chi connectivity index (χ3v) is 5.82. The normalized spacial score (nSPS) is 11.8. The molecule has 10 heteroatoms. The molecule has 0 saturated heterocycles. The highest BCUT2D eigenvalue weighted by Gasteiger charge is 2.22. The fourth-order valence-electron chi connectivity index (χ4n) is 3.71. The van der Waals surface area contributed by atoms with Crippen molar-refractivity contribution < 1.29 is 23.9 Å². The van der Waals surface area contributed by atoms with E-state index in [4.69, 9.17) is 9.47 Å². The minimum atomic E-state index is -0.951. The lowest BCUT2D eigenvalue weighted by molar-refractivity contribution is -0.133. The van der Waals surface area contributed by atoms with Gasteiger partial charge in [-0.15, -0.1) is 0 Å². The molecule has 0 spiro atoms. The number of benzene rings is 3. The van der Waals surface area contributed by atoms with Gasteiger partial charge in [0.2, 0.25) is 6.79 Å². The third-order valence-electron chi connectivity index (χ3n) is 5.32. The fourth-order valence-corrected chi connectivity index (χ4v) is 4.08. The van der Waals surface area contributed by atoms with Gasteiger partial charge < -0.3 is 20.1 Å². The van der Waals surface area contributed by atoms with Crippen LogP contribution in [0.2, 0.25) is 0 Å². The van der Waals surface area contributed by atoms with E-state index in [0.29, 0.717) is 33.8 Å². The summed E-state index contributed by atoms with van der Waals surface area (Å²) in [5.41, 5.74) is 5.21. The first-order valence-corrected chi connectivity index (χ1v) is 11.4. The van der Waals surface area contributed by atoms with Crippen LogP contribution >= 0.6 is 15.9 Å². The highest BCUT2D eigenvalue weighted by Crippen LogP contribution is 2.34. The molecular weight excluding hydrogens is 516 g/mol. The van der Waals surface area contributed by atoms with Crippen molar-refractivity contribution in [3.8, 4) is 11.5 Å². The number of halogens is 1. The zero-order valence-electron chi connectivity index (χ0n) is 18.4. The number of hydrogen-bond donors (Lipinski definition) is 3. The quantitative estimate of drug-likeness (QED) is 0.336. The maximum absolute atomic E-state index is 13.1. The standard InChI is InChI=1S/C25H19BrN4O5/c1-14-3-2-4-17(9-14)27-23(31)20-11-15-10-16(26)5-7-19(15)30(20)29-25(33)24(32)28-18-6-8-21-22(12-18)35-13-34-21/h2-12H,13H2,1H3,(H,27,31)(H,28,32)(H,29,33). The van der Waals surface area contributed by atoms with Gasteiger partial charge in [-0.05, 0) is 61.0 Å². The predicted octanol–water partition coefficient (Wildman–Crippen LogP) is 4.40. The lowest BCUT2D eigenvalue weighted by atomic mass is 10.2. The molecule has 2 heterocycles. The molecule has 176 valence electrons. The average molecular weight is 535 g/mol. The summed E-state index contributed by atoms with van der Waals surface area (Å²) in [6.07, 6.45) is 0. The van der Waals surface area contributed by atoms with Crippen LogP contribution in [0.4, 0.5) is 11.4 Å². The Morgan fingerprint density at radius 2 is 1.66 bits per heavy atom. The lowest BCUT2D eigenvalue weighted by Crippen LogP contribution is -2.36. The number of carbonyl (C=O) groups is 3. The average Bonchev–Trinajstić information content (AvgIpc) is 3.43. The molecule has 5 rings (SSSR count). The molecule has 0 saturated carbocycles. The third kappa shape index (κ3) is 4.69. The van der Waals surface area contributed by atoms with Crippen LogP contribution in [0.5, 0.6) is 11.5 Å². The summed E-state index contributed by atoms with van der Waals surface area (Å²) in [5, 5.41) is 6.06. The number of nitrogens with one attached hydrogen (secondary N) is 3. The van der Waals surface area contributed by atoms with Crippen molar-refractivity contribution in [3.63, 3.8) is 0 Å². The summed E-state index contributed by atoms with van der Waals surface area (Å²) in [6.45, 7) is 2.01. The number of carbonyl (C=O) groups excluding carboxylic acids is 3. The summed E-state index contributed by atoms with van der Waals surface area (Å²) in [5.74, 6) is -1.28. The summed E-state index contributed by atoms with van der Waals surface area (Å²) in [4.78, 5) is 38.5. The van der Waals surface area contributed by atoms with Crippen LogP contribution in [0, 0.1) is 6.92 Å². The Morgan fingerprint density at radius 1 is 0.857 bits per heavy atom. The Balaban J connectivity index is 1.40. The number of rotatable bonds is 4. The predicted molar refractivity (Wildman–Crippen MR) is 134 cm³/mol. The molecule has 0 bridgehead atoms. The molecule has 0 radical (unpaired) electrons. The van der Waals surface area contributed by atoms with Crippen molar-refractivity contribution in [2.75, 3.05) is 22.9 Å². The molecule has 3 N–H and O–H groups in total. The topological polar surface area (TPSA) is 111 Å². The number of fused-ring (bicyclic) bond motifs is 2. The molecule has 4 aromatic rings. The minimum Gasteiger partial charge on any atom is -0.454 e. The van der Waals surface area contributed by atoms with Crippen LogP contribution in [-0.2, 0) is 9.59 Å². The van der Waals surface area contributed by atoms with E-state index < -0.39 is 17.7 Å². The van der Waals surface area contributed by atoms with Gasteiger partial charge in [0.05, 0.1) is 5.52 Å². The van der Waals surface area contributed by atoms with Crippen LogP contribution in [0.1, 0.15) is 16.1 Å². The van der Waals surface area contributed by atoms with E-state index in [1.807, 2.05) is 31.2 Å². The summed E-state index contributed by atoms with van der Waals surface area (Å²) >= 11 is 3.42. The van der Waals surface area contributed by atoms with E-state index in [1.165, 1.54) is 4.68 Å². The molecular formula is C25H19BrN4O5. The molecule has 0 atom stereocenters. The molecule has 3 amide bonds.